The van der Waals surface area contributed by atoms with E-state index >= 15 is 4.39 Å². The van der Waals surface area contributed by atoms with Crippen molar-refractivity contribution in [2.75, 3.05) is 12.3 Å². The van der Waals surface area contributed by atoms with E-state index in [1.54, 1.807) is 0 Å². The van der Waals surface area contributed by atoms with E-state index in [0.29, 0.717) is 0 Å². The van der Waals surface area contributed by atoms with Crippen molar-refractivity contribution < 1.29 is 19.0 Å². The average molecular weight is 488 g/mol. The Morgan fingerprint density at radius 1 is 0.917 bits per heavy atom. The van der Waals surface area contributed by atoms with Gasteiger partial charge < -0.3 is 20.3 Å². The van der Waals surface area contributed by atoms with Crippen LogP contribution in [0.15, 0.2) is 108 Å². The highest BCUT2D eigenvalue weighted by Gasteiger charge is 2.47. The molecule has 2 heterocycles. The molecule has 7 nitrogen and oxygen atoms in total. The molecule has 5 rings (SSSR count). The Morgan fingerprint density at radius 2 is 1.42 bits per heavy atom. The van der Waals surface area contributed by atoms with Crippen LogP contribution in [0.1, 0.15) is 22.9 Å². The van der Waals surface area contributed by atoms with E-state index < -0.39 is 35.9 Å². The third kappa shape index (κ3) is 4.30. The summed E-state index contributed by atoms with van der Waals surface area (Å²) in [5.74, 6) is 0.0171. The maximum Gasteiger partial charge on any atom is 0.351 e. The molecule has 184 valence electrons. The SMILES string of the molecule is Nc1ccn(C2OC(COC(c3ccccc3)(c3ccccc3)c3ccccc3)C(O)C2F)c(=O)n1. The number of alkyl halides is 1. The average Bonchev–Trinajstić information content (AvgIpc) is 3.19. The Labute approximate surface area is 207 Å². The quantitative estimate of drug-likeness (QED) is 0.388. The first-order valence-corrected chi connectivity index (χ1v) is 11.6. The summed E-state index contributed by atoms with van der Waals surface area (Å²) in [6.45, 7) is -0.145. The Kier molecular flexibility index (Phi) is 6.65. The van der Waals surface area contributed by atoms with Gasteiger partial charge in [-0.2, -0.15) is 4.98 Å². The van der Waals surface area contributed by atoms with Crippen molar-refractivity contribution in [1.29, 1.82) is 0 Å². The molecule has 4 atom stereocenters. The largest absolute Gasteiger partial charge is 0.387 e. The van der Waals surface area contributed by atoms with E-state index in [9.17, 15) is 9.90 Å². The molecule has 1 aliphatic rings. The van der Waals surface area contributed by atoms with E-state index in [1.165, 1.54) is 12.3 Å². The van der Waals surface area contributed by atoms with Gasteiger partial charge in [0.15, 0.2) is 12.4 Å². The number of nitrogens with two attached hydrogens (primary N) is 1. The second-order valence-corrected chi connectivity index (χ2v) is 8.63. The smallest absolute Gasteiger partial charge is 0.351 e. The molecule has 4 unspecified atom stereocenters. The van der Waals surface area contributed by atoms with E-state index in [0.717, 1.165) is 21.3 Å². The molecule has 0 bridgehead atoms. The molecule has 3 N–H and O–H groups in total. The summed E-state index contributed by atoms with van der Waals surface area (Å²) in [6, 6.07) is 30.5. The number of ether oxygens (including phenoxy) is 2. The standard InChI is InChI=1S/C28H26FN3O4/c29-24-25(33)22(36-26(24)32-17-16-23(30)31-27(32)34)18-35-28(19-10-4-1-5-11-19,20-12-6-2-7-13-20)21-14-8-3-9-15-21/h1-17,22,24-26,33H,18H2,(H2,30,31,34). The van der Waals surface area contributed by atoms with Gasteiger partial charge in [-0.15, -0.1) is 0 Å². The van der Waals surface area contributed by atoms with Gasteiger partial charge in [-0.05, 0) is 22.8 Å². The number of hydrogen-bond donors (Lipinski definition) is 2. The number of rotatable bonds is 7. The molecule has 0 saturated carbocycles. The van der Waals surface area contributed by atoms with Crippen molar-refractivity contribution in [2.24, 2.45) is 0 Å². The number of hydrogen-bond acceptors (Lipinski definition) is 6. The number of anilines is 1. The molecule has 0 spiro atoms. The van der Waals surface area contributed by atoms with Crippen LogP contribution in [-0.4, -0.2) is 39.6 Å². The number of aliphatic hydroxyl groups excluding tert-OH is 1. The normalized spacial score (nSPS) is 21.9. The Balaban J connectivity index is 1.52. The summed E-state index contributed by atoms with van der Waals surface area (Å²) >= 11 is 0. The minimum absolute atomic E-state index is 0.0171. The van der Waals surface area contributed by atoms with E-state index in [4.69, 9.17) is 15.2 Å². The highest BCUT2D eigenvalue weighted by Crippen LogP contribution is 2.41. The number of aromatic nitrogens is 2. The minimum Gasteiger partial charge on any atom is -0.387 e. The van der Waals surface area contributed by atoms with Gasteiger partial charge in [0.2, 0.25) is 0 Å². The lowest BCUT2D eigenvalue weighted by Gasteiger charge is -2.37. The van der Waals surface area contributed by atoms with Crippen LogP contribution >= 0.6 is 0 Å². The maximum absolute atomic E-state index is 15.1. The van der Waals surface area contributed by atoms with Crippen LogP contribution in [0, 0.1) is 0 Å². The predicted octanol–water partition coefficient (Wildman–Crippen LogP) is 3.43. The molecule has 1 saturated heterocycles. The van der Waals surface area contributed by atoms with Gasteiger partial charge >= 0.3 is 5.69 Å². The molecular formula is C28H26FN3O4. The van der Waals surface area contributed by atoms with Crippen molar-refractivity contribution >= 4 is 5.82 Å². The number of benzene rings is 3. The summed E-state index contributed by atoms with van der Waals surface area (Å²) in [5, 5.41) is 10.7. The van der Waals surface area contributed by atoms with Crippen LogP contribution in [0.4, 0.5) is 10.2 Å². The molecule has 3 aromatic carbocycles. The summed E-state index contributed by atoms with van der Waals surface area (Å²) in [7, 11) is 0. The predicted molar refractivity (Wildman–Crippen MR) is 133 cm³/mol. The monoisotopic (exact) mass is 487 g/mol. The van der Waals surface area contributed by atoms with Gasteiger partial charge in [0.05, 0.1) is 6.61 Å². The van der Waals surface area contributed by atoms with Crippen LogP contribution in [0.3, 0.4) is 0 Å². The first kappa shape index (κ1) is 23.9. The third-order valence-corrected chi connectivity index (χ3v) is 6.42. The van der Waals surface area contributed by atoms with Crippen LogP contribution in [0.25, 0.3) is 0 Å². The van der Waals surface area contributed by atoms with E-state index in [-0.39, 0.29) is 12.4 Å². The van der Waals surface area contributed by atoms with Crippen LogP contribution in [0.2, 0.25) is 0 Å². The second-order valence-electron chi connectivity index (χ2n) is 8.63. The lowest BCUT2D eigenvalue weighted by atomic mass is 9.80. The van der Waals surface area contributed by atoms with Crippen LogP contribution < -0.4 is 11.4 Å². The molecule has 1 aliphatic heterocycles. The van der Waals surface area contributed by atoms with Gasteiger partial charge in [-0.1, -0.05) is 91.0 Å². The summed E-state index contributed by atoms with van der Waals surface area (Å²) in [6.07, 6.45) is -4.46. The molecule has 8 heteroatoms. The number of aliphatic hydroxyl groups is 1. The van der Waals surface area contributed by atoms with Crippen molar-refractivity contribution in [3.8, 4) is 0 Å². The summed E-state index contributed by atoms with van der Waals surface area (Å²) in [5.41, 5.74) is 6.32. The topological polar surface area (TPSA) is 99.6 Å². The van der Waals surface area contributed by atoms with E-state index in [1.807, 2.05) is 91.0 Å². The number of nitrogens with zero attached hydrogens (tertiary/aromatic N) is 2. The van der Waals surface area contributed by atoms with Crippen LogP contribution in [-0.2, 0) is 15.1 Å². The third-order valence-electron chi connectivity index (χ3n) is 6.42. The van der Waals surface area contributed by atoms with Gasteiger partial charge in [0.25, 0.3) is 0 Å². The molecule has 1 aromatic heterocycles. The zero-order valence-corrected chi connectivity index (χ0v) is 19.4. The first-order chi connectivity index (χ1) is 17.5. The zero-order valence-electron chi connectivity index (χ0n) is 19.4. The molecule has 1 fully saturated rings. The summed E-state index contributed by atoms with van der Waals surface area (Å²) in [4.78, 5) is 15.9. The molecular weight excluding hydrogens is 461 g/mol. The van der Waals surface area contributed by atoms with E-state index in [2.05, 4.69) is 4.98 Å². The van der Waals surface area contributed by atoms with Crippen molar-refractivity contribution in [3.63, 3.8) is 0 Å². The fraction of sp³-hybridized carbons (Fsp3) is 0.214. The summed E-state index contributed by atoms with van der Waals surface area (Å²) < 4.78 is 28.6. The molecule has 0 amide bonds. The lowest BCUT2D eigenvalue weighted by molar-refractivity contribution is -0.0950. The van der Waals surface area contributed by atoms with Crippen LogP contribution in [0.5, 0.6) is 0 Å². The maximum atomic E-state index is 15.1. The fourth-order valence-electron chi connectivity index (χ4n) is 4.66. The zero-order chi connectivity index (χ0) is 25.1. The van der Waals surface area contributed by atoms with Gasteiger partial charge in [0, 0.05) is 6.20 Å². The first-order valence-electron chi connectivity index (χ1n) is 11.6. The lowest BCUT2D eigenvalue weighted by Crippen LogP contribution is -2.39. The molecule has 4 aromatic rings. The van der Waals surface area contributed by atoms with Gasteiger partial charge in [0.1, 0.15) is 23.6 Å². The molecule has 36 heavy (non-hydrogen) atoms. The Morgan fingerprint density at radius 3 is 1.89 bits per heavy atom. The Hall–Kier alpha value is -3.85. The highest BCUT2D eigenvalue weighted by molar-refractivity contribution is 5.47. The Bertz CT molecular complexity index is 1250. The van der Waals surface area contributed by atoms with Crippen molar-refractivity contribution in [1.82, 2.24) is 9.55 Å². The van der Waals surface area contributed by atoms with Gasteiger partial charge in [-0.3, -0.25) is 4.57 Å². The fourth-order valence-corrected chi connectivity index (χ4v) is 4.66. The van der Waals surface area contributed by atoms with Crippen molar-refractivity contribution in [3.05, 3.63) is 130 Å². The molecule has 0 aliphatic carbocycles. The highest BCUT2D eigenvalue weighted by atomic mass is 19.1. The number of nitrogen functional groups attached to an aromatic ring is 1. The number of halogens is 1. The van der Waals surface area contributed by atoms with Crippen molar-refractivity contribution in [2.45, 2.75) is 30.2 Å². The molecule has 0 radical (unpaired) electrons. The second kappa shape index (κ2) is 10.0. The minimum atomic E-state index is -1.86. The van der Waals surface area contributed by atoms with Gasteiger partial charge in [-0.25, -0.2) is 9.18 Å².